The van der Waals surface area contributed by atoms with Crippen molar-refractivity contribution in [3.05, 3.63) is 34.9 Å². The quantitative estimate of drug-likeness (QED) is 0.856. The maximum atomic E-state index is 12.4. The van der Waals surface area contributed by atoms with Gasteiger partial charge < -0.3 is 10.2 Å². The van der Waals surface area contributed by atoms with Crippen molar-refractivity contribution in [1.82, 2.24) is 15.1 Å². The minimum Gasteiger partial charge on any atom is -0.340 e. The Morgan fingerprint density at radius 1 is 1.21 bits per heavy atom. The number of hydrogen-bond acceptors (Lipinski definition) is 3. The molecule has 2 aliphatic heterocycles. The molecule has 0 saturated carbocycles. The van der Waals surface area contributed by atoms with Crippen molar-refractivity contribution in [2.45, 2.75) is 19.4 Å². The number of nitrogens with one attached hydrogen (secondary N) is 1. The van der Waals surface area contributed by atoms with Gasteiger partial charge in [0.15, 0.2) is 0 Å². The monoisotopic (exact) mass is 393 g/mol. The topological polar surface area (TPSA) is 35.6 Å². The van der Waals surface area contributed by atoms with E-state index in [2.05, 4.69) is 23.2 Å². The highest BCUT2D eigenvalue weighted by Crippen LogP contribution is 2.28. The molecule has 2 saturated heterocycles. The molecule has 0 bridgehead atoms. The molecular formula is C17H26Cl3N3O. The van der Waals surface area contributed by atoms with Gasteiger partial charge in [-0.3, -0.25) is 9.69 Å². The van der Waals surface area contributed by atoms with Crippen molar-refractivity contribution in [2.75, 3.05) is 39.3 Å². The predicted octanol–water partition coefficient (Wildman–Crippen LogP) is 3.00. The normalized spacial score (nSPS) is 22.4. The molecular weight excluding hydrogens is 369 g/mol. The first-order valence-corrected chi connectivity index (χ1v) is 8.52. The number of rotatable bonds is 3. The van der Waals surface area contributed by atoms with Gasteiger partial charge in [0.1, 0.15) is 0 Å². The molecule has 4 nitrogen and oxygen atoms in total. The van der Waals surface area contributed by atoms with Crippen molar-refractivity contribution in [1.29, 1.82) is 0 Å². The van der Waals surface area contributed by atoms with Crippen molar-refractivity contribution >= 4 is 42.3 Å². The maximum absolute atomic E-state index is 12.4. The molecule has 1 N–H and O–H groups in total. The predicted molar refractivity (Wildman–Crippen MR) is 103 cm³/mol. The number of carbonyl (C=O) groups is 1. The minimum absolute atomic E-state index is 0. The van der Waals surface area contributed by atoms with Gasteiger partial charge in [-0.1, -0.05) is 29.8 Å². The molecule has 0 aromatic heterocycles. The van der Waals surface area contributed by atoms with Crippen LogP contribution in [0.4, 0.5) is 0 Å². The van der Waals surface area contributed by atoms with E-state index in [1.54, 1.807) is 0 Å². The lowest BCUT2D eigenvalue weighted by Gasteiger charge is -2.39. The first-order valence-electron chi connectivity index (χ1n) is 8.15. The van der Waals surface area contributed by atoms with E-state index in [9.17, 15) is 4.79 Å². The third-order valence-electron chi connectivity index (χ3n) is 4.94. The summed E-state index contributed by atoms with van der Waals surface area (Å²) in [7, 11) is 0. The van der Waals surface area contributed by atoms with Crippen LogP contribution in [-0.4, -0.2) is 55.0 Å². The smallest absolute Gasteiger partial charge is 0.227 e. The molecule has 2 fully saturated rings. The Bertz CT molecular complexity index is 530. The molecule has 1 aromatic rings. The summed E-state index contributed by atoms with van der Waals surface area (Å²) in [5, 5.41) is 4.10. The summed E-state index contributed by atoms with van der Waals surface area (Å²) in [6.45, 7) is 7.49. The minimum atomic E-state index is 0. The zero-order chi connectivity index (χ0) is 15.5. The van der Waals surface area contributed by atoms with E-state index in [-0.39, 0.29) is 30.7 Å². The Labute approximate surface area is 161 Å². The van der Waals surface area contributed by atoms with E-state index < -0.39 is 0 Å². The van der Waals surface area contributed by atoms with Crippen LogP contribution < -0.4 is 5.32 Å². The second kappa shape index (κ2) is 9.83. The number of benzene rings is 1. The van der Waals surface area contributed by atoms with E-state index in [1.165, 1.54) is 5.56 Å². The number of nitrogens with zero attached hydrogens (tertiary/aromatic N) is 2. The van der Waals surface area contributed by atoms with Crippen LogP contribution in [0.2, 0.25) is 5.02 Å². The van der Waals surface area contributed by atoms with Gasteiger partial charge in [0.2, 0.25) is 5.91 Å². The van der Waals surface area contributed by atoms with Crippen LogP contribution in [-0.2, 0) is 4.79 Å². The van der Waals surface area contributed by atoms with E-state index in [4.69, 9.17) is 11.6 Å². The molecule has 1 aromatic carbocycles. The van der Waals surface area contributed by atoms with Crippen LogP contribution in [0.1, 0.15) is 24.9 Å². The van der Waals surface area contributed by atoms with Gasteiger partial charge >= 0.3 is 0 Å². The fourth-order valence-corrected chi connectivity index (χ4v) is 3.76. The fourth-order valence-electron chi connectivity index (χ4n) is 3.46. The average molecular weight is 395 g/mol. The number of piperazine rings is 1. The molecule has 0 radical (unpaired) electrons. The molecule has 1 amide bonds. The number of carbonyl (C=O) groups excluding carboxylic acids is 1. The Hall–Kier alpha value is -0.520. The molecule has 24 heavy (non-hydrogen) atoms. The number of amides is 1. The third kappa shape index (κ3) is 4.77. The zero-order valence-electron chi connectivity index (χ0n) is 13.9. The summed E-state index contributed by atoms with van der Waals surface area (Å²) in [5.41, 5.74) is 1.17. The first kappa shape index (κ1) is 21.5. The van der Waals surface area contributed by atoms with E-state index in [1.807, 2.05) is 23.1 Å². The second-order valence-corrected chi connectivity index (χ2v) is 6.66. The van der Waals surface area contributed by atoms with Crippen LogP contribution in [0.25, 0.3) is 0 Å². The zero-order valence-corrected chi connectivity index (χ0v) is 16.3. The summed E-state index contributed by atoms with van der Waals surface area (Å²) in [4.78, 5) is 16.9. The highest BCUT2D eigenvalue weighted by Gasteiger charge is 2.30. The Morgan fingerprint density at radius 3 is 2.46 bits per heavy atom. The van der Waals surface area contributed by atoms with E-state index >= 15 is 0 Å². The largest absolute Gasteiger partial charge is 0.340 e. The summed E-state index contributed by atoms with van der Waals surface area (Å²) in [5.74, 6) is 0.516. The SMILES string of the molecule is CC(c1ccccc1Cl)N1CCN(C(=O)C2CCNC2)CC1.Cl.Cl. The molecule has 2 atom stereocenters. The van der Waals surface area contributed by atoms with Crippen LogP contribution >= 0.6 is 36.4 Å². The fraction of sp³-hybridized carbons (Fsp3) is 0.588. The summed E-state index contributed by atoms with van der Waals surface area (Å²) >= 11 is 6.31. The van der Waals surface area contributed by atoms with Crippen LogP contribution in [0, 0.1) is 5.92 Å². The van der Waals surface area contributed by atoms with Crippen molar-refractivity contribution < 1.29 is 4.79 Å². The lowest BCUT2D eigenvalue weighted by atomic mass is 10.0. The van der Waals surface area contributed by atoms with Gasteiger partial charge in [-0.15, -0.1) is 24.8 Å². The summed E-state index contributed by atoms with van der Waals surface area (Å²) in [6.07, 6.45) is 0.981. The van der Waals surface area contributed by atoms with Crippen LogP contribution in [0.3, 0.4) is 0 Å². The van der Waals surface area contributed by atoms with Crippen LogP contribution in [0.5, 0.6) is 0 Å². The molecule has 0 aliphatic carbocycles. The molecule has 3 rings (SSSR count). The van der Waals surface area contributed by atoms with Crippen molar-refractivity contribution in [2.24, 2.45) is 5.92 Å². The van der Waals surface area contributed by atoms with Crippen molar-refractivity contribution in [3.8, 4) is 0 Å². The molecule has 2 unspecified atom stereocenters. The maximum Gasteiger partial charge on any atom is 0.227 e. The third-order valence-corrected chi connectivity index (χ3v) is 5.28. The van der Waals surface area contributed by atoms with Gasteiger partial charge in [-0.05, 0) is 31.5 Å². The highest BCUT2D eigenvalue weighted by atomic mass is 35.5. The molecule has 2 aliphatic rings. The number of hydrogen-bond donors (Lipinski definition) is 1. The lowest BCUT2D eigenvalue weighted by Crippen LogP contribution is -2.51. The average Bonchev–Trinajstić information content (AvgIpc) is 3.09. The molecule has 7 heteroatoms. The van der Waals surface area contributed by atoms with Crippen molar-refractivity contribution in [3.63, 3.8) is 0 Å². The summed E-state index contributed by atoms with van der Waals surface area (Å²) < 4.78 is 0. The Balaban J connectivity index is 0.00000144. The van der Waals surface area contributed by atoms with Gasteiger partial charge in [0.25, 0.3) is 0 Å². The van der Waals surface area contributed by atoms with Gasteiger partial charge in [0, 0.05) is 43.8 Å². The van der Waals surface area contributed by atoms with E-state index in [0.29, 0.717) is 11.9 Å². The molecule has 136 valence electrons. The van der Waals surface area contributed by atoms with Gasteiger partial charge in [-0.25, -0.2) is 0 Å². The second-order valence-electron chi connectivity index (χ2n) is 6.25. The Kier molecular flexibility index (Phi) is 8.82. The lowest BCUT2D eigenvalue weighted by molar-refractivity contribution is -0.137. The van der Waals surface area contributed by atoms with Crippen LogP contribution in [0.15, 0.2) is 24.3 Å². The first-order chi connectivity index (χ1) is 10.7. The standard InChI is InChI=1S/C17H24ClN3O.2ClH/c1-13(15-4-2-3-5-16(15)18)20-8-10-21(11-9-20)17(22)14-6-7-19-12-14;;/h2-5,13-14,19H,6-12H2,1H3;2*1H. The Morgan fingerprint density at radius 2 is 1.88 bits per heavy atom. The van der Waals surface area contributed by atoms with E-state index in [0.717, 1.165) is 50.7 Å². The molecule has 2 heterocycles. The van der Waals surface area contributed by atoms with Gasteiger partial charge in [0.05, 0.1) is 5.92 Å². The summed E-state index contributed by atoms with van der Waals surface area (Å²) in [6, 6.07) is 8.32. The highest BCUT2D eigenvalue weighted by molar-refractivity contribution is 6.31. The van der Waals surface area contributed by atoms with Gasteiger partial charge in [-0.2, -0.15) is 0 Å². The number of halogens is 3. The molecule has 0 spiro atoms.